The molecule has 0 unspecified atom stereocenters. The van der Waals surface area contributed by atoms with E-state index in [1.54, 1.807) is 0 Å². The van der Waals surface area contributed by atoms with Gasteiger partial charge in [0, 0.05) is 36.9 Å². The highest BCUT2D eigenvalue weighted by atomic mass is 32.1. The Morgan fingerprint density at radius 1 is 0.302 bits per heavy atom. The molecule has 2 nitrogen and oxygen atoms in total. The summed E-state index contributed by atoms with van der Waals surface area (Å²) in [5.41, 5.74) is 11.8. The van der Waals surface area contributed by atoms with E-state index in [0.29, 0.717) is 5.82 Å². The number of aromatic nitrogens is 2. The zero-order valence-corrected chi connectivity index (χ0v) is 29.6. The summed E-state index contributed by atoms with van der Waals surface area (Å²) in [7, 11) is 0. The summed E-state index contributed by atoms with van der Waals surface area (Å²) in [6, 6.07) is 69.3. The largest absolute Gasteiger partial charge is 0.228 e. The van der Waals surface area contributed by atoms with Crippen molar-refractivity contribution in [3.63, 3.8) is 0 Å². The summed E-state index contributed by atoms with van der Waals surface area (Å²) in [6.07, 6.45) is 0. The molecule has 53 heavy (non-hydrogen) atoms. The molecule has 248 valence electrons. The molecule has 0 spiro atoms. The molecule has 0 atom stereocenters. The van der Waals surface area contributed by atoms with Gasteiger partial charge >= 0.3 is 0 Å². The third kappa shape index (κ3) is 5.87. The number of thiophene rings is 1. The molecule has 2 heterocycles. The van der Waals surface area contributed by atoms with Gasteiger partial charge in [-0.25, -0.2) is 9.97 Å². The highest BCUT2D eigenvalue weighted by Crippen LogP contribution is 2.40. The Morgan fingerprint density at radius 2 is 0.849 bits per heavy atom. The Labute approximate surface area is 312 Å². The molecule has 0 amide bonds. The maximum atomic E-state index is 5.35. The van der Waals surface area contributed by atoms with Gasteiger partial charge in [0.1, 0.15) is 0 Å². The van der Waals surface area contributed by atoms with Crippen molar-refractivity contribution in [3.05, 3.63) is 194 Å². The lowest BCUT2D eigenvalue weighted by Crippen LogP contribution is -1.97. The zero-order valence-electron chi connectivity index (χ0n) is 28.8. The van der Waals surface area contributed by atoms with Gasteiger partial charge in [0.05, 0.1) is 11.4 Å². The molecule has 0 N–H and O–H groups in total. The van der Waals surface area contributed by atoms with E-state index >= 15 is 0 Å². The monoisotopic (exact) mass is 692 g/mol. The minimum absolute atomic E-state index is 0.696. The number of benzene rings is 8. The van der Waals surface area contributed by atoms with Gasteiger partial charge < -0.3 is 0 Å². The van der Waals surface area contributed by atoms with E-state index in [1.165, 1.54) is 36.5 Å². The van der Waals surface area contributed by atoms with Crippen molar-refractivity contribution in [2.75, 3.05) is 0 Å². The quantitative estimate of drug-likeness (QED) is 0.173. The number of hydrogen-bond acceptors (Lipinski definition) is 3. The number of hydrogen-bond donors (Lipinski definition) is 0. The van der Waals surface area contributed by atoms with E-state index in [1.807, 2.05) is 11.3 Å². The Hall–Kier alpha value is -6.68. The van der Waals surface area contributed by atoms with Crippen LogP contribution in [0.3, 0.4) is 0 Å². The van der Waals surface area contributed by atoms with Crippen LogP contribution in [-0.2, 0) is 0 Å². The number of fused-ring (bicyclic) bond motifs is 4. The predicted molar refractivity (Wildman–Crippen MR) is 225 cm³/mol. The summed E-state index contributed by atoms with van der Waals surface area (Å²) in [6.45, 7) is 0. The van der Waals surface area contributed by atoms with Crippen molar-refractivity contribution in [1.29, 1.82) is 0 Å². The van der Waals surface area contributed by atoms with Gasteiger partial charge in [0.25, 0.3) is 0 Å². The fourth-order valence-electron chi connectivity index (χ4n) is 7.42. The van der Waals surface area contributed by atoms with E-state index in [-0.39, 0.29) is 0 Å². The molecule has 3 heteroatoms. The Balaban J connectivity index is 1.20. The van der Waals surface area contributed by atoms with Crippen LogP contribution in [0.25, 0.3) is 98.2 Å². The van der Waals surface area contributed by atoms with Crippen LogP contribution in [0.2, 0.25) is 0 Å². The van der Waals surface area contributed by atoms with Gasteiger partial charge in [0.2, 0.25) is 0 Å². The molecule has 10 aromatic rings. The third-order valence-electron chi connectivity index (χ3n) is 10.1. The maximum absolute atomic E-state index is 5.35. The van der Waals surface area contributed by atoms with E-state index in [9.17, 15) is 0 Å². The lowest BCUT2D eigenvalue weighted by Gasteiger charge is -2.14. The van der Waals surface area contributed by atoms with Crippen molar-refractivity contribution in [3.8, 4) is 67.3 Å². The molecule has 0 bridgehead atoms. The first-order valence-corrected chi connectivity index (χ1v) is 18.7. The minimum atomic E-state index is 0.696. The second-order valence-corrected chi connectivity index (χ2v) is 14.5. The number of nitrogens with zero attached hydrogens (tertiary/aromatic N) is 2. The van der Waals surface area contributed by atoms with Gasteiger partial charge in [-0.2, -0.15) is 0 Å². The summed E-state index contributed by atoms with van der Waals surface area (Å²) >= 11 is 1.85. The van der Waals surface area contributed by atoms with Gasteiger partial charge in [-0.15, -0.1) is 11.3 Å². The molecular weight excluding hydrogens is 661 g/mol. The molecule has 2 aromatic heterocycles. The van der Waals surface area contributed by atoms with Crippen molar-refractivity contribution >= 4 is 42.3 Å². The fraction of sp³-hybridized carbons (Fsp3) is 0. The van der Waals surface area contributed by atoms with Crippen molar-refractivity contribution in [2.45, 2.75) is 0 Å². The van der Waals surface area contributed by atoms with Gasteiger partial charge in [-0.05, 0) is 86.6 Å². The lowest BCUT2D eigenvalue weighted by atomic mass is 9.94. The average Bonchev–Trinajstić information content (AvgIpc) is 3.62. The highest BCUT2D eigenvalue weighted by Gasteiger charge is 2.16. The van der Waals surface area contributed by atoms with Crippen LogP contribution in [0.1, 0.15) is 0 Å². The fourth-order valence-corrected chi connectivity index (χ4v) is 8.57. The third-order valence-corrected chi connectivity index (χ3v) is 11.2. The van der Waals surface area contributed by atoms with E-state index in [4.69, 9.17) is 9.97 Å². The second kappa shape index (κ2) is 13.1. The van der Waals surface area contributed by atoms with E-state index < -0.39 is 0 Å². The molecule has 0 saturated heterocycles. The maximum Gasteiger partial charge on any atom is 0.160 e. The van der Waals surface area contributed by atoms with E-state index in [2.05, 4.69) is 194 Å². The second-order valence-electron chi connectivity index (χ2n) is 13.4. The van der Waals surface area contributed by atoms with Crippen molar-refractivity contribution in [2.24, 2.45) is 0 Å². The SMILES string of the molecule is c1ccc(-c2cc(-c3ccc4c(c3)sc3ccccc34)cc(-c3cc(-c4cccc5ccccc45)nc(-c4cccc(-c5ccccc5)c4)n3)c2)cc1. The van der Waals surface area contributed by atoms with Crippen molar-refractivity contribution < 1.29 is 0 Å². The van der Waals surface area contributed by atoms with Crippen LogP contribution in [0.15, 0.2) is 194 Å². The first-order valence-electron chi connectivity index (χ1n) is 17.9. The Morgan fingerprint density at radius 3 is 1.68 bits per heavy atom. The first kappa shape index (κ1) is 31.1. The van der Waals surface area contributed by atoms with Crippen molar-refractivity contribution in [1.82, 2.24) is 9.97 Å². The molecule has 10 rings (SSSR count). The molecule has 0 aliphatic carbocycles. The van der Waals surface area contributed by atoms with Crippen LogP contribution in [0.5, 0.6) is 0 Å². The molecule has 8 aromatic carbocycles. The molecule has 0 aliphatic rings. The first-order chi connectivity index (χ1) is 26.2. The van der Waals surface area contributed by atoms with Crippen LogP contribution >= 0.6 is 11.3 Å². The van der Waals surface area contributed by atoms with Gasteiger partial charge in [0.15, 0.2) is 5.82 Å². The topological polar surface area (TPSA) is 25.8 Å². The number of rotatable bonds is 6. The van der Waals surface area contributed by atoms with E-state index in [0.717, 1.165) is 55.9 Å². The van der Waals surface area contributed by atoms with Crippen LogP contribution in [0, 0.1) is 0 Å². The predicted octanol–water partition coefficient (Wildman–Crippen LogP) is 14.0. The lowest BCUT2D eigenvalue weighted by molar-refractivity contribution is 1.18. The van der Waals surface area contributed by atoms with Crippen LogP contribution in [-0.4, -0.2) is 9.97 Å². The summed E-state index contributed by atoms with van der Waals surface area (Å²) < 4.78 is 2.60. The molecule has 0 aliphatic heterocycles. The van der Waals surface area contributed by atoms with Crippen LogP contribution < -0.4 is 0 Å². The molecular formula is C50H32N2S. The van der Waals surface area contributed by atoms with Gasteiger partial charge in [-0.3, -0.25) is 0 Å². The Bertz CT molecular complexity index is 2940. The standard InChI is InChI=1S/C50H32N2S/c1-3-13-33(14-4-1)36-19-11-20-38(27-36)50-51-46(32-47(52-50)43-23-12-18-35-17-7-8-21-42(35)43)41-29-39(34-15-5-2-6-16-34)28-40(30-41)37-25-26-45-44-22-9-10-24-48(44)53-49(45)31-37/h1-32H. The summed E-state index contributed by atoms with van der Waals surface area (Å²) in [5, 5.41) is 4.96. The smallest absolute Gasteiger partial charge is 0.160 e. The summed E-state index contributed by atoms with van der Waals surface area (Å²) in [5.74, 6) is 0.696. The average molecular weight is 693 g/mol. The van der Waals surface area contributed by atoms with Crippen LogP contribution in [0.4, 0.5) is 0 Å². The zero-order chi connectivity index (χ0) is 35.1. The van der Waals surface area contributed by atoms with Gasteiger partial charge in [-0.1, -0.05) is 152 Å². The minimum Gasteiger partial charge on any atom is -0.228 e. The summed E-state index contributed by atoms with van der Waals surface area (Å²) in [4.78, 5) is 10.6. The highest BCUT2D eigenvalue weighted by molar-refractivity contribution is 7.25. The Kier molecular flexibility index (Phi) is 7.71. The molecule has 0 fully saturated rings. The normalized spacial score (nSPS) is 11.4. The molecule has 0 radical (unpaired) electrons. The molecule has 0 saturated carbocycles.